The second-order valence-electron chi connectivity index (χ2n) is 6.92. The van der Waals surface area contributed by atoms with Crippen LogP contribution in [-0.4, -0.2) is 42.7 Å². The molecule has 2 N–H and O–H groups in total. The Morgan fingerprint density at radius 1 is 0.667 bits per heavy atom. The van der Waals surface area contributed by atoms with E-state index in [0.29, 0.717) is 13.2 Å². The van der Waals surface area contributed by atoms with Crippen LogP contribution in [0.2, 0.25) is 0 Å². The van der Waals surface area contributed by atoms with Gasteiger partial charge in [0.2, 0.25) is 0 Å². The smallest absolute Gasteiger partial charge is 1.00 e. The largest absolute Gasteiger partial charge is 1.00 e. The monoisotopic (exact) mass is 464 g/mol. The van der Waals surface area contributed by atoms with Gasteiger partial charge in [0.05, 0.1) is 26.1 Å². The van der Waals surface area contributed by atoms with Crippen molar-refractivity contribution in [2.45, 2.75) is 104 Å². The summed E-state index contributed by atoms with van der Waals surface area (Å²) in [5, 5.41) is 0. The van der Waals surface area contributed by atoms with Crippen molar-refractivity contribution in [3.05, 3.63) is 0 Å². The summed E-state index contributed by atoms with van der Waals surface area (Å²) in [6, 6.07) is 0. The molecule has 0 unspecified atom stereocenters. The third kappa shape index (κ3) is 38.4. The van der Waals surface area contributed by atoms with E-state index in [1.807, 2.05) is 0 Å². The molecule has 0 fully saturated rings. The van der Waals surface area contributed by atoms with Gasteiger partial charge in [0.25, 0.3) is 0 Å². The summed E-state index contributed by atoms with van der Waals surface area (Å²) in [6.45, 7) is 5.33. The van der Waals surface area contributed by atoms with Crippen LogP contribution in [0, 0.1) is 0 Å². The first-order chi connectivity index (χ1) is 13.7. The average Bonchev–Trinajstić information content (AvgIpc) is 2.63. The molecule has 0 aromatic heterocycles. The van der Waals surface area contributed by atoms with Crippen LogP contribution in [0.1, 0.15) is 105 Å². The summed E-state index contributed by atoms with van der Waals surface area (Å²) in [5.74, 6) is -0.583. The van der Waals surface area contributed by atoms with Gasteiger partial charge in [-0.1, -0.05) is 78.1 Å². The minimum Gasteiger partial charge on any atom is -1.00 e. The topological polar surface area (TPSA) is 127 Å². The molecule has 0 atom stereocenters. The number of unbranched alkanes of at least 4 members (excludes halogenated alkanes) is 10. The molecule has 10 heteroatoms. The predicted octanol–water partition coefficient (Wildman–Crippen LogP) is 2.04. The Labute approximate surface area is 206 Å². The zero-order valence-corrected chi connectivity index (χ0v) is 21.9. The van der Waals surface area contributed by atoms with Crippen LogP contribution in [0.3, 0.4) is 0 Å². The van der Waals surface area contributed by atoms with E-state index >= 15 is 0 Å². The quantitative estimate of drug-likeness (QED) is 0.145. The maximum atomic E-state index is 11.5. The molecule has 0 heterocycles. The van der Waals surface area contributed by atoms with Crippen LogP contribution in [0.25, 0.3) is 0 Å². The molecule has 176 valence electrons. The van der Waals surface area contributed by atoms with Crippen molar-refractivity contribution in [3.8, 4) is 0 Å². The van der Waals surface area contributed by atoms with E-state index < -0.39 is 10.4 Å². The first-order valence-corrected chi connectivity index (χ1v) is 12.1. The van der Waals surface area contributed by atoms with Gasteiger partial charge in [0.1, 0.15) is 0 Å². The van der Waals surface area contributed by atoms with Crippen LogP contribution in [0.4, 0.5) is 0 Å². The van der Waals surface area contributed by atoms with Gasteiger partial charge in [-0.2, -0.15) is 8.42 Å². The molecule has 0 rings (SSSR count). The number of carbonyl (C=O) groups is 2. The molecule has 0 aromatic carbocycles. The molecule has 0 aromatic rings. The molecule has 0 aliphatic rings. The Kier molecular flexibility index (Phi) is 28.8. The Balaban J connectivity index is -0.000000464. The fourth-order valence-corrected chi connectivity index (χ4v) is 2.49. The van der Waals surface area contributed by atoms with E-state index in [1.54, 1.807) is 0 Å². The molecular weight excluding hydrogens is 423 g/mol. The van der Waals surface area contributed by atoms with Crippen molar-refractivity contribution in [3.63, 3.8) is 0 Å². The standard InChI is InChI=1S/C20H38O4.Na.H2O4S.H/c1-3-5-7-9-11-13-17-23-19(21)15-16-20(22)24-18-14-12-10-8-6-4-2;;1-5(2,3)4;/h3-18H2,1-2H3;;(H2,1,2,3,4);/q;+1;;-1. The Bertz CT molecular complexity index is 465. The van der Waals surface area contributed by atoms with E-state index in [0.717, 1.165) is 25.7 Å². The Morgan fingerprint density at radius 3 is 1.23 bits per heavy atom. The summed E-state index contributed by atoms with van der Waals surface area (Å²) in [4.78, 5) is 23.1. The molecule has 0 aliphatic heterocycles. The SMILES string of the molecule is CCCCCCCCOC(=O)CCC(=O)OCCCCCCCC.O=S(=O)(O)O.[H-].[Na+]. The van der Waals surface area contributed by atoms with E-state index in [-0.39, 0.29) is 55.8 Å². The maximum Gasteiger partial charge on any atom is 1.00 e. The van der Waals surface area contributed by atoms with Gasteiger partial charge in [-0.25, -0.2) is 0 Å². The summed E-state index contributed by atoms with van der Waals surface area (Å²) in [5.41, 5.74) is 0. The third-order valence-electron chi connectivity index (χ3n) is 4.06. The number of rotatable bonds is 17. The number of hydrogen-bond acceptors (Lipinski definition) is 6. The van der Waals surface area contributed by atoms with Crippen molar-refractivity contribution in [1.29, 1.82) is 0 Å². The summed E-state index contributed by atoms with van der Waals surface area (Å²) >= 11 is 0. The average molecular weight is 465 g/mol. The Hall–Kier alpha value is -0.190. The van der Waals surface area contributed by atoms with Gasteiger partial charge in [0.15, 0.2) is 0 Å². The molecule has 0 saturated heterocycles. The molecule has 0 bridgehead atoms. The van der Waals surface area contributed by atoms with Gasteiger partial charge in [-0.3, -0.25) is 18.7 Å². The molecule has 0 spiro atoms. The molecule has 0 aliphatic carbocycles. The third-order valence-corrected chi connectivity index (χ3v) is 4.06. The van der Waals surface area contributed by atoms with Crippen LogP contribution in [0.5, 0.6) is 0 Å². The van der Waals surface area contributed by atoms with Crippen molar-refractivity contribution in [1.82, 2.24) is 0 Å². The fourth-order valence-electron chi connectivity index (χ4n) is 2.49. The summed E-state index contributed by atoms with van der Waals surface area (Å²) in [6.07, 6.45) is 14.3. The van der Waals surface area contributed by atoms with E-state index in [9.17, 15) is 9.59 Å². The molecule has 0 saturated carbocycles. The normalized spacial score (nSPS) is 10.4. The predicted molar refractivity (Wildman–Crippen MR) is 113 cm³/mol. The van der Waals surface area contributed by atoms with Gasteiger partial charge >= 0.3 is 51.9 Å². The summed E-state index contributed by atoms with van der Waals surface area (Å²) in [7, 11) is -4.67. The van der Waals surface area contributed by atoms with Crippen LogP contribution in [0.15, 0.2) is 0 Å². The number of ether oxygens (including phenoxy) is 2. The van der Waals surface area contributed by atoms with Gasteiger partial charge < -0.3 is 10.9 Å². The molecule has 0 amide bonds. The van der Waals surface area contributed by atoms with Crippen molar-refractivity contribution >= 4 is 22.3 Å². The maximum absolute atomic E-state index is 11.5. The summed E-state index contributed by atoms with van der Waals surface area (Å²) < 4.78 is 41.8. The minimum atomic E-state index is -4.67. The van der Waals surface area contributed by atoms with Crippen LogP contribution >= 0.6 is 0 Å². The number of carbonyl (C=O) groups excluding carboxylic acids is 2. The fraction of sp³-hybridized carbons (Fsp3) is 0.900. The minimum absolute atomic E-state index is 0. The van der Waals surface area contributed by atoms with E-state index in [1.165, 1.54) is 51.4 Å². The van der Waals surface area contributed by atoms with Crippen molar-refractivity contribution in [2.24, 2.45) is 0 Å². The number of esters is 2. The zero-order valence-electron chi connectivity index (χ0n) is 20.1. The van der Waals surface area contributed by atoms with Crippen molar-refractivity contribution < 1.29 is 67.6 Å². The molecular formula is C20H41NaO8S. The van der Waals surface area contributed by atoms with E-state index in [4.69, 9.17) is 27.0 Å². The molecule has 30 heavy (non-hydrogen) atoms. The molecule has 8 nitrogen and oxygen atoms in total. The van der Waals surface area contributed by atoms with Gasteiger partial charge in [-0.05, 0) is 12.8 Å². The van der Waals surface area contributed by atoms with Gasteiger partial charge in [-0.15, -0.1) is 0 Å². The molecule has 0 radical (unpaired) electrons. The second-order valence-corrected chi connectivity index (χ2v) is 7.82. The first kappa shape index (κ1) is 34.4. The second kappa shape index (κ2) is 25.1. The van der Waals surface area contributed by atoms with Crippen LogP contribution < -0.4 is 29.6 Å². The van der Waals surface area contributed by atoms with Crippen LogP contribution in [-0.2, 0) is 29.5 Å². The number of hydrogen-bond donors (Lipinski definition) is 2. The van der Waals surface area contributed by atoms with E-state index in [2.05, 4.69) is 13.8 Å². The van der Waals surface area contributed by atoms with Crippen molar-refractivity contribution in [2.75, 3.05) is 13.2 Å². The zero-order chi connectivity index (χ0) is 22.4. The Morgan fingerprint density at radius 2 is 0.933 bits per heavy atom. The van der Waals surface area contributed by atoms with Gasteiger partial charge in [0, 0.05) is 0 Å². The first-order valence-electron chi connectivity index (χ1n) is 10.7.